The molecule has 0 amide bonds. The van der Waals surface area contributed by atoms with Crippen LogP contribution in [0.5, 0.6) is 0 Å². The number of sulfonamides is 1. The summed E-state index contributed by atoms with van der Waals surface area (Å²) in [6.07, 6.45) is 4.47. The Balaban J connectivity index is 1.90. The molecule has 1 heterocycles. The maximum Gasteiger partial charge on any atom is 0.274 e. The Hall–Kier alpha value is -0.700. The summed E-state index contributed by atoms with van der Waals surface area (Å²) in [5, 5.41) is 3.20. The van der Waals surface area contributed by atoms with Crippen LogP contribution < -0.4 is 10.0 Å². The molecule has 1 aromatic heterocycles. The molecule has 1 fully saturated rings. The number of rotatable bonds is 9. The molecule has 1 saturated carbocycles. The average molecular weight is 334 g/mol. The third-order valence-corrected chi connectivity index (χ3v) is 5.51. The third-order valence-electron chi connectivity index (χ3n) is 3.24. The van der Waals surface area contributed by atoms with E-state index in [0.29, 0.717) is 30.5 Å². The van der Waals surface area contributed by atoms with E-state index in [1.165, 1.54) is 18.9 Å². The number of nitrogens with one attached hydrogen (secondary N) is 2. The van der Waals surface area contributed by atoms with Gasteiger partial charge in [-0.05, 0) is 38.3 Å². The van der Waals surface area contributed by atoms with Crippen LogP contribution >= 0.6 is 0 Å². The number of hydrogen-bond acceptors (Lipinski definition) is 5. The molecule has 0 saturated heterocycles. The standard InChI is InChI=1S/C13H22N2O4S2/c1-10(7-8-20(2)16)15-21(17,18)13-6-5-12(19-13)9-14-11-3-4-11/h5-6,10-11,14-15H,3-4,7-9H2,1-2H3. The van der Waals surface area contributed by atoms with E-state index in [1.807, 2.05) is 0 Å². The molecule has 2 atom stereocenters. The Bertz CT molecular complexity index is 593. The molecule has 0 radical (unpaired) electrons. The molecule has 1 aromatic rings. The highest BCUT2D eigenvalue weighted by atomic mass is 32.2. The lowest BCUT2D eigenvalue weighted by Gasteiger charge is -2.11. The second-order valence-corrected chi connectivity index (χ2v) is 8.66. The van der Waals surface area contributed by atoms with Crippen molar-refractivity contribution in [1.29, 1.82) is 0 Å². The fraction of sp³-hybridized carbons (Fsp3) is 0.692. The lowest BCUT2D eigenvalue weighted by molar-refractivity contribution is 0.397. The predicted octanol–water partition coefficient (Wildman–Crippen LogP) is 0.967. The van der Waals surface area contributed by atoms with Crippen LogP contribution in [-0.2, 0) is 27.4 Å². The second kappa shape index (κ2) is 7.04. The molecule has 0 spiro atoms. The van der Waals surface area contributed by atoms with Crippen molar-refractivity contribution in [2.75, 3.05) is 12.0 Å². The normalized spacial score (nSPS) is 18.6. The van der Waals surface area contributed by atoms with Crippen molar-refractivity contribution in [1.82, 2.24) is 10.0 Å². The van der Waals surface area contributed by atoms with Gasteiger partial charge in [0, 0.05) is 34.9 Å². The van der Waals surface area contributed by atoms with Crippen LogP contribution in [0.15, 0.2) is 21.6 Å². The Morgan fingerprint density at radius 2 is 2.14 bits per heavy atom. The molecule has 1 aliphatic carbocycles. The first-order chi connectivity index (χ1) is 9.87. The minimum absolute atomic E-state index is 0.0698. The van der Waals surface area contributed by atoms with E-state index >= 15 is 0 Å². The van der Waals surface area contributed by atoms with Gasteiger partial charge in [-0.25, -0.2) is 13.1 Å². The number of furan rings is 1. The van der Waals surface area contributed by atoms with Crippen LogP contribution in [0.1, 0.15) is 31.9 Å². The van der Waals surface area contributed by atoms with Gasteiger partial charge in [0.15, 0.2) is 0 Å². The molecule has 120 valence electrons. The summed E-state index contributed by atoms with van der Waals surface area (Å²) in [7, 11) is -4.58. The molecule has 2 rings (SSSR count). The molecular weight excluding hydrogens is 312 g/mol. The van der Waals surface area contributed by atoms with E-state index in [9.17, 15) is 12.6 Å². The zero-order chi connectivity index (χ0) is 15.5. The molecule has 2 unspecified atom stereocenters. The van der Waals surface area contributed by atoms with E-state index in [-0.39, 0.29) is 11.1 Å². The Morgan fingerprint density at radius 1 is 1.43 bits per heavy atom. The summed E-state index contributed by atoms with van der Waals surface area (Å²) in [4.78, 5) is 0. The molecule has 2 N–H and O–H groups in total. The summed E-state index contributed by atoms with van der Waals surface area (Å²) >= 11 is 0. The van der Waals surface area contributed by atoms with Crippen LogP contribution in [0, 0.1) is 0 Å². The minimum atomic E-state index is -3.65. The van der Waals surface area contributed by atoms with Crippen molar-refractivity contribution in [2.45, 2.75) is 49.9 Å². The Kier molecular flexibility index (Phi) is 5.59. The van der Waals surface area contributed by atoms with Crippen LogP contribution in [0.3, 0.4) is 0 Å². The van der Waals surface area contributed by atoms with Crippen LogP contribution in [-0.4, -0.2) is 36.7 Å². The minimum Gasteiger partial charge on any atom is -0.447 e. The molecule has 8 heteroatoms. The van der Waals surface area contributed by atoms with Crippen molar-refractivity contribution in [3.05, 3.63) is 17.9 Å². The predicted molar refractivity (Wildman–Crippen MR) is 81.9 cm³/mol. The maximum absolute atomic E-state index is 12.1. The lowest BCUT2D eigenvalue weighted by Crippen LogP contribution is -2.33. The largest absolute Gasteiger partial charge is 0.447 e. The van der Waals surface area contributed by atoms with Crippen LogP contribution in [0.4, 0.5) is 0 Å². The molecule has 0 aliphatic heterocycles. The van der Waals surface area contributed by atoms with Gasteiger partial charge in [-0.1, -0.05) is 0 Å². The van der Waals surface area contributed by atoms with Gasteiger partial charge in [0.25, 0.3) is 10.0 Å². The Morgan fingerprint density at radius 3 is 2.76 bits per heavy atom. The van der Waals surface area contributed by atoms with Gasteiger partial charge < -0.3 is 9.73 Å². The number of hydrogen-bond donors (Lipinski definition) is 2. The molecule has 21 heavy (non-hydrogen) atoms. The van der Waals surface area contributed by atoms with E-state index in [1.54, 1.807) is 19.2 Å². The first-order valence-corrected chi connectivity index (χ1v) is 10.2. The van der Waals surface area contributed by atoms with E-state index in [0.717, 1.165) is 0 Å². The van der Waals surface area contributed by atoms with Crippen molar-refractivity contribution < 1.29 is 17.0 Å². The van der Waals surface area contributed by atoms with Gasteiger partial charge in [-0.3, -0.25) is 4.21 Å². The zero-order valence-corrected chi connectivity index (χ0v) is 13.9. The first-order valence-electron chi connectivity index (χ1n) is 7.01. The van der Waals surface area contributed by atoms with Gasteiger partial charge in [0.05, 0.1) is 6.54 Å². The molecular formula is C13H22N2O4S2. The SMILES string of the molecule is CC(CCS(C)=O)NS(=O)(=O)c1ccc(CNC2CC2)o1. The summed E-state index contributed by atoms with van der Waals surface area (Å²) in [5.74, 6) is 1.09. The molecule has 0 aromatic carbocycles. The van der Waals surface area contributed by atoms with Crippen molar-refractivity contribution in [3.63, 3.8) is 0 Å². The quantitative estimate of drug-likeness (QED) is 0.702. The van der Waals surface area contributed by atoms with E-state index in [4.69, 9.17) is 4.42 Å². The zero-order valence-electron chi connectivity index (χ0n) is 12.3. The highest BCUT2D eigenvalue weighted by Gasteiger charge is 2.23. The smallest absolute Gasteiger partial charge is 0.274 e. The fourth-order valence-corrected chi connectivity index (χ4v) is 3.77. The first kappa shape index (κ1) is 16.7. The van der Waals surface area contributed by atoms with E-state index in [2.05, 4.69) is 10.0 Å². The average Bonchev–Trinajstić information content (AvgIpc) is 3.09. The Labute approximate surface area is 128 Å². The maximum atomic E-state index is 12.1. The summed E-state index contributed by atoms with van der Waals surface area (Å²) in [5.41, 5.74) is 0. The van der Waals surface area contributed by atoms with Crippen LogP contribution in [0.25, 0.3) is 0 Å². The fourth-order valence-electron chi connectivity index (χ4n) is 1.85. The monoisotopic (exact) mass is 334 g/mol. The van der Waals surface area contributed by atoms with Crippen molar-refractivity contribution in [3.8, 4) is 0 Å². The summed E-state index contributed by atoms with van der Waals surface area (Å²) < 4.78 is 43.2. The highest BCUT2D eigenvalue weighted by molar-refractivity contribution is 7.89. The summed E-state index contributed by atoms with van der Waals surface area (Å²) in [6, 6.07) is 3.41. The molecule has 1 aliphatic rings. The summed E-state index contributed by atoms with van der Waals surface area (Å²) in [6.45, 7) is 2.30. The van der Waals surface area contributed by atoms with Crippen molar-refractivity contribution >= 4 is 20.8 Å². The van der Waals surface area contributed by atoms with Gasteiger partial charge in [0.1, 0.15) is 5.76 Å². The lowest BCUT2D eigenvalue weighted by atomic mass is 10.3. The molecule has 6 nitrogen and oxygen atoms in total. The van der Waals surface area contributed by atoms with Gasteiger partial charge in [-0.15, -0.1) is 0 Å². The molecule has 0 bridgehead atoms. The topological polar surface area (TPSA) is 88.4 Å². The highest BCUT2D eigenvalue weighted by Crippen LogP contribution is 2.20. The van der Waals surface area contributed by atoms with E-state index < -0.39 is 20.8 Å². The van der Waals surface area contributed by atoms with Crippen LogP contribution in [0.2, 0.25) is 0 Å². The van der Waals surface area contributed by atoms with Gasteiger partial charge in [0.2, 0.25) is 5.09 Å². The van der Waals surface area contributed by atoms with Gasteiger partial charge >= 0.3 is 0 Å². The third kappa shape index (κ3) is 5.54. The van der Waals surface area contributed by atoms with Gasteiger partial charge in [-0.2, -0.15) is 0 Å². The van der Waals surface area contributed by atoms with Crippen molar-refractivity contribution in [2.24, 2.45) is 0 Å². The second-order valence-electron chi connectivity index (χ2n) is 5.46.